The van der Waals surface area contributed by atoms with Crippen LogP contribution in [0.2, 0.25) is 0 Å². The molecule has 1 aliphatic heterocycles. The number of esters is 1. The van der Waals surface area contributed by atoms with Crippen molar-refractivity contribution in [2.24, 2.45) is 5.73 Å². The minimum atomic E-state index is -0.433. The first-order valence-electron chi connectivity index (χ1n) is 10.8. The minimum absolute atomic E-state index is 0.0877. The van der Waals surface area contributed by atoms with Gasteiger partial charge in [-0.3, -0.25) is 10.2 Å². The van der Waals surface area contributed by atoms with Crippen LogP contribution >= 0.6 is 0 Å². The number of hydrogen-bond donors (Lipinski definition) is 5. The molecule has 0 fully saturated rings. The number of fused-ring (bicyclic) bond motifs is 1. The molecule has 0 saturated carbocycles. The van der Waals surface area contributed by atoms with Crippen LogP contribution in [0, 0.1) is 5.41 Å². The van der Waals surface area contributed by atoms with Gasteiger partial charge in [0.2, 0.25) is 0 Å². The monoisotopic (exact) mass is 455 g/mol. The molecular weight excluding hydrogens is 430 g/mol. The molecule has 0 radical (unpaired) electrons. The van der Waals surface area contributed by atoms with Gasteiger partial charge in [0.05, 0.1) is 29.1 Å². The lowest BCUT2D eigenvalue weighted by atomic mass is 9.99. The van der Waals surface area contributed by atoms with Gasteiger partial charge in [0, 0.05) is 17.8 Å². The van der Waals surface area contributed by atoms with E-state index in [4.69, 9.17) is 15.9 Å². The summed E-state index contributed by atoms with van der Waals surface area (Å²) in [6.45, 7) is 2.47. The Morgan fingerprint density at radius 1 is 1.03 bits per heavy atom. The average Bonchev–Trinajstić information content (AvgIpc) is 3.17. The van der Waals surface area contributed by atoms with Gasteiger partial charge in [-0.15, -0.1) is 0 Å². The molecule has 3 aromatic rings. The summed E-state index contributed by atoms with van der Waals surface area (Å²) in [6, 6.07) is 22.3. The van der Waals surface area contributed by atoms with E-state index in [1.54, 1.807) is 25.1 Å². The van der Waals surface area contributed by atoms with Crippen LogP contribution in [0.25, 0.3) is 11.3 Å². The lowest BCUT2D eigenvalue weighted by Crippen LogP contribution is -2.29. The summed E-state index contributed by atoms with van der Waals surface area (Å²) >= 11 is 0. The molecular formula is C26H25N5O3. The molecule has 3 aromatic carbocycles. The molecule has 0 unspecified atom stereocenters. The summed E-state index contributed by atoms with van der Waals surface area (Å²) in [5, 5.41) is 16.3. The maximum Gasteiger partial charge on any atom is 0.338 e. The summed E-state index contributed by atoms with van der Waals surface area (Å²) in [7, 11) is 0. The van der Waals surface area contributed by atoms with Crippen molar-refractivity contribution in [3.63, 3.8) is 0 Å². The van der Waals surface area contributed by atoms with Gasteiger partial charge in [0.1, 0.15) is 0 Å². The standard InChI is InChI=1S/C26H25N5O3/c1-2-34-25(33)18-10-13-20-21(14-18)31-24(32)22(20)23(17-6-4-3-5-7-17)30-19-11-8-16(9-12-19)15-29-26(27)28/h3-14,30H,2,15H2,1H3,(H,31,32)(H4,27,28,29)/b23-22-. The van der Waals surface area contributed by atoms with Gasteiger partial charge in [-0.25, -0.2) is 4.79 Å². The summed E-state index contributed by atoms with van der Waals surface area (Å²) in [6.07, 6.45) is 0. The van der Waals surface area contributed by atoms with Crippen LogP contribution in [0.4, 0.5) is 11.4 Å². The molecule has 1 amide bonds. The van der Waals surface area contributed by atoms with E-state index in [0.717, 1.165) is 16.8 Å². The van der Waals surface area contributed by atoms with Crippen molar-refractivity contribution in [2.75, 3.05) is 17.2 Å². The predicted molar refractivity (Wildman–Crippen MR) is 133 cm³/mol. The smallest absolute Gasteiger partial charge is 0.338 e. The van der Waals surface area contributed by atoms with E-state index in [1.165, 1.54) is 0 Å². The van der Waals surface area contributed by atoms with E-state index >= 15 is 0 Å². The van der Waals surface area contributed by atoms with Gasteiger partial charge in [-0.1, -0.05) is 48.5 Å². The third-order valence-electron chi connectivity index (χ3n) is 5.29. The summed E-state index contributed by atoms with van der Waals surface area (Å²) in [4.78, 5) is 25.2. The maximum atomic E-state index is 13.1. The number of anilines is 2. The number of nitrogens with two attached hydrogens (primary N) is 1. The Kier molecular flexibility index (Phi) is 6.59. The zero-order valence-electron chi connectivity index (χ0n) is 18.6. The van der Waals surface area contributed by atoms with Gasteiger partial charge in [0.15, 0.2) is 5.96 Å². The maximum absolute atomic E-state index is 13.1. The molecule has 8 heteroatoms. The number of amides is 1. The van der Waals surface area contributed by atoms with Crippen molar-refractivity contribution < 1.29 is 14.3 Å². The molecule has 0 aliphatic carbocycles. The fourth-order valence-electron chi connectivity index (χ4n) is 3.69. The molecule has 1 aliphatic rings. The molecule has 0 bridgehead atoms. The summed E-state index contributed by atoms with van der Waals surface area (Å²) < 4.78 is 5.08. The molecule has 6 N–H and O–H groups in total. The molecule has 4 rings (SSSR count). The first kappa shape index (κ1) is 22.6. The van der Waals surface area contributed by atoms with Crippen molar-refractivity contribution in [3.8, 4) is 0 Å². The first-order valence-corrected chi connectivity index (χ1v) is 10.8. The zero-order valence-corrected chi connectivity index (χ0v) is 18.6. The Labute approximate surface area is 197 Å². The topological polar surface area (TPSA) is 129 Å². The van der Waals surface area contributed by atoms with Crippen LogP contribution in [-0.4, -0.2) is 24.4 Å². The average molecular weight is 456 g/mol. The third kappa shape index (κ3) is 4.91. The Morgan fingerprint density at radius 3 is 2.44 bits per heavy atom. The van der Waals surface area contributed by atoms with Gasteiger partial charge in [0.25, 0.3) is 5.91 Å². The second-order valence-electron chi connectivity index (χ2n) is 7.64. The summed E-state index contributed by atoms with van der Waals surface area (Å²) in [5.74, 6) is -0.780. The van der Waals surface area contributed by atoms with Crippen molar-refractivity contribution in [2.45, 2.75) is 13.5 Å². The van der Waals surface area contributed by atoms with Crippen LogP contribution in [0.1, 0.15) is 34.0 Å². The lowest BCUT2D eigenvalue weighted by molar-refractivity contribution is -0.110. The number of ether oxygens (including phenoxy) is 1. The summed E-state index contributed by atoms with van der Waals surface area (Å²) in [5.41, 5.74) is 10.7. The Morgan fingerprint density at radius 2 is 1.76 bits per heavy atom. The van der Waals surface area contributed by atoms with Gasteiger partial charge >= 0.3 is 5.97 Å². The second-order valence-corrected chi connectivity index (χ2v) is 7.64. The molecule has 1 heterocycles. The largest absolute Gasteiger partial charge is 0.462 e. The number of benzene rings is 3. The van der Waals surface area contributed by atoms with E-state index in [1.807, 2.05) is 54.6 Å². The number of rotatable bonds is 7. The highest BCUT2D eigenvalue weighted by Gasteiger charge is 2.29. The van der Waals surface area contributed by atoms with Crippen LogP contribution in [0.5, 0.6) is 0 Å². The Hall–Kier alpha value is -4.59. The lowest BCUT2D eigenvalue weighted by Gasteiger charge is -2.15. The van der Waals surface area contributed by atoms with E-state index in [0.29, 0.717) is 34.6 Å². The molecule has 172 valence electrons. The third-order valence-corrected chi connectivity index (χ3v) is 5.29. The second kappa shape index (κ2) is 9.91. The first-order chi connectivity index (χ1) is 16.5. The van der Waals surface area contributed by atoms with E-state index < -0.39 is 5.97 Å². The molecule has 8 nitrogen and oxygen atoms in total. The Balaban J connectivity index is 1.72. The number of carbonyl (C=O) groups excluding carboxylic acids is 2. The fraction of sp³-hybridized carbons (Fsp3) is 0.115. The SMILES string of the molecule is CCOC(=O)c1ccc2c(c1)NC(=O)/C2=C(\Nc1ccc(CNC(=N)N)cc1)c1ccccc1. The minimum Gasteiger partial charge on any atom is -0.462 e. The van der Waals surface area contributed by atoms with E-state index in [2.05, 4.69) is 16.0 Å². The van der Waals surface area contributed by atoms with Crippen molar-refractivity contribution in [1.29, 1.82) is 5.41 Å². The van der Waals surface area contributed by atoms with E-state index in [9.17, 15) is 9.59 Å². The highest BCUT2D eigenvalue weighted by atomic mass is 16.5. The fourth-order valence-corrected chi connectivity index (χ4v) is 3.69. The van der Waals surface area contributed by atoms with Crippen molar-refractivity contribution in [1.82, 2.24) is 5.32 Å². The molecule has 0 spiro atoms. The molecule has 0 aromatic heterocycles. The van der Waals surface area contributed by atoms with Gasteiger partial charge in [-0.05, 0) is 42.3 Å². The van der Waals surface area contributed by atoms with Gasteiger partial charge < -0.3 is 26.4 Å². The van der Waals surface area contributed by atoms with Gasteiger partial charge in [-0.2, -0.15) is 0 Å². The van der Waals surface area contributed by atoms with Crippen LogP contribution in [0.3, 0.4) is 0 Å². The number of hydrogen-bond acceptors (Lipinski definition) is 5. The number of nitrogens with one attached hydrogen (secondary N) is 4. The highest BCUT2D eigenvalue weighted by Crippen LogP contribution is 2.38. The zero-order chi connectivity index (χ0) is 24.1. The van der Waals surface area contributed by atoms with Crippen LogP contribution in [0.15, 0.2) is 72.8 Å². The molecule has 0 atom stereocenters. The molecule has 34 heavy (non-hydrogen) atoms. The normalized spacial score (nSPS) is 13.5. The van der Waals surface area contributed by atoms with Crippen molar-refractivity contribution in [3.05, 3.63) is 95.1 Å². The van der Waals surface area contributed by atoms with Crippen molar-refractivity contribution >= 4 is 40.5 Å². The Bertz CT molecular complexity index is 1270. The molecule has 0 saturated heterocycles. The quantitative estimate of drug-likeness (QED) is 0.160. The van der Waals surface area contributed by atoms with Crippen LogP contribution in [-0.2, 0) is 16.1 Å². The van der Waals surface area contributed by atoms with Crippen LogP contribution < -0.4 is 21.7 Å². The number of carbonyl (C=O) groups is 2. The predicted octanol–water partition coefficient (Wildman–Crippen LogP) is 3.78. The number of guanidine groups is 1. The van der Waals surface area contributed by atoms with E-state index in [-0.39, 0.29) is 18.5 Å². The highest BCUT2D eigenvalue weighted by molar-refractivity contribution is 6.37.